The Morgan fingerprint density at radius 2 is 1.40 bits per heavy atom. The Morgan fingerprint density at radius 1 is 0.950 bits per heavy atom. The molecule has 0 aliphatic carbocycles. The first-order valence-electron chi connectivity index (χ1n) is 6.13. The van der Waals surface area contributed by atoms with Gasteiger partial charge in [0.15, 0.2) is 5.78 Å². The predicted octanol–water partition coefficient (Wildman–Crippen LogP) is 3.27. The van der Waals surface area contributed by atoms with Crippen molar-refractivity contribution in [1.29, 1.82) is 0 Å². The van der Waals surface area contributed by atoms with Gasteiger partial charge in [-0.25, -0.2) is 0 Å². The monoisotopic (exact) mass is 266 g/mol. The van der Waals surface area contributed by atoms with Crippen molar-refractivity contribution in [2.24, 2.45) is 0 Å². The third kappa shape index (κ3) is 2.97. The fraction of sp³-hybridized carbons (Fsp3) is 0.0588. The fourth-order valence-electron chi connectivity index (χ4n) is 1.84. The average Bonchev–Trinajstić information content (AvgIpc) is 2.42. The zero-order valence-corrected chi connectivity index (χ0v) is 11.0. The highest BCUT2D eigenvalue weighted by atomic mass is 16.3. The molecule has 0 spiro atoms. The number of ketones is 1. The molecule has 0 aliphatic rings. The Labute approximate surface area is 117 Å². The molecule has 2 rings (SSSR count). The quantitative estimate of drug-likeness (QED) is 0.662. The van der Waals surface area contributed by atoms with Crippen LogP contribution < -0.4 is 0 Å². The van der Waals surface area contributed by atoms with Crippen molar-refractivity contribution < 1.29 is 15.0 Å². The predicted molar refractivity (Wildman–Crippen MR) is 77.5 cm³/mol. The minimum absolute atomic E-state index is 0.0650. The van der Waals surface area contributed by atoms with Crippen LogP contribution in [0.2, 0.25) is 0 Å². The molecule has 0 saturated heterocycles. The van der Waals surface area contributed by atoms with Crippen LogP contribution in [0.5, 0.6) is 11.5 Å². The molecule has 3 nitrogen and oxygen atoms in total. The molecule has 2 aromatic rings. The van der Waals surface area contributed by atoms with Crippen LogP contribution in [0, 0.1) is 0 Å². The number of rotatable bonds is 3. The molecule has 2 aromatic carbocycles. The SMILES string of the molecule is CC(=O)C=C=C(c1ccccc1O)c1ccccc1O. The minimum Gasteiger partial charge on any atom is -0.507 e. The maximum Gasteiger partial charge on any atom is 0.160 e. The molecule has 0 bridgehead atoms. The molecule has 0 radical (unpaired) electrons. The molecular formula is C17H14O3. The number of phenolic OH excluding ortho intramolecular Hbond substituents is 2. The molecule has 0 atom stereocenters. The summed E-state index contributed by atoms with van der Waals surface area (Å²) in [6.07, 6.45) is 1.29. The average molecular weight is 266 g/mol. The van der Waals surface area contributed by atoms with Gasteiger partial charge >= 0.3 is 0 Å². The van der Waals surface area contributed by atoms with Gasteiger partial charge in [0, 0.05) is 22.8 Å². The summed E-state index contributed by atoms with van der Waals surface area (Å²) in [6.45, 7) is 1.42. The van der Waals surface area contributed by atoms with Crippen LogP contribution in [-0.2, 0) is 4.79 Å². The lowest BCUT2D eigenvalue weighted by atomic mass is 9.97. The molecule has 0 fully saturated rings. The maximum absolute atomic E-state index is 11.1. The molecule has 2 N–H and O–H groups in total. The second-order valence-corrected chi connectivity index (χ2v) is 4.31. The number of carbonyl (C=O) groups is 1. The van der Waals surface area contributed by atoms with Crippen LogP contribution in [-0.4, -0.2) is 16.0 Å². The highest BCUT2D eigenvalue weighted by molar-refractivity contribution is 5.91. The third-order valence-corrected chi connectivity index (χ3v) is 2.77. The molecule has 0 aromatic heterocycles. The molecule has 3 heteroatoms. The molecule has 0 aliphatic heterocycles. The van der Waals surface area contributed by atoms with Gasteiger partial charge in [-0.1, -0.05) is 36.4 Å². The topological polar surface area (TPSA) is 57.5 Å². The fourth-order valence-corrected chi connectivity index (χ4v) is 1.84. The summed E-state index contributed by atoms with van der Waals surface area (Å²) in [4.78, 5) is 11.1. The van der Waals surface area contributed by atoms with Crippen LogP contribution >= 0.6 is 0 Å². The lowest BCUT2D eigenvalue weighted by Gasteiger charge is -2.09. The van der Waals surface area contributed by atoms with Gasteiger partial charge in [-0.2, -0.15) is 0 Å². The Morgan fingerprint density at radius 3 is 1.80 bits per heavy atom. The van der Waals surface area contributed by atoms with Crippen molar-refractivity contribution in [3.8, 4) is 11.5 Å². The summed E-state index contributed by atoms with van der Waals surface area (Å²) in [7, 11) is 0. The lowest BCUT2D eigenvalue weighted by Crippen LogP contribution is -1.89. The molecule has 0 amide bonds. The Hall–Kier alpha value is -2.77. The summed E-state index contributed by atoms with van der Waals surface area (Å²) in [5, 5.41) is 19.9. The molecule has 0 heterocycles. The first kappa shape index (κ1) is 13.7. The van der Waals surface area contributed by atoms with E-state index in [0.29, 0.717) is 16.7 Å². The van der Waals surface area contributed by atoms with E-state index >= 15 is 0 Å². The number of allylic oxidation sites excluding steroid dienone is 1. The summed E-state index contributed by atoms with van der Waals surface area (Å²) in [5.41, 5.74) is 4.34. The van der Waals surface area contributed by atoms with Crippen molar-refractivity contribution in [2.45, 2.75) is 6.92 Å². The standard InChI is InChI=1S/C17H14O3/c1-12(18)10-11-13(14-6-2-4-8-16(14)19)15-7-3-5-9-17(15)20/h2-10,19-20H,1H3. The number of hydrogen-bond donors (Lipinski definition) is 2. The van der Waals surface area contributed by atoms with Gasteiger partial charge in [-0.05, 0) is 19.1 Å². The van der Waals surface area contributed by atoms with E-state index in [-0.39, 0.29) is 17.3 Å². The Bertz CT molecular complexity index is 660. The van der Waals surface area contributed by atoms with E-state index in [1.54, 1.807) is 48.5 Å². The van der Waals surface area contributed by atoms with Crippen LogP contribution in [0.25, 0.3) is 5.57 Å². The smallest absolute Gasteiger partial charge is 0.160 e. The summed E-state index contributed by atoms with van der Waals surface area (Å²) >= 11 is 0. The lowest BCUT2D eigenvalue weighted by molar-refractivity contribution is -0.112. The largest absolute Gasteiger partial charge is 0.507 e. The van der Waals surface area contributed by atoms with E-state index in [0.717, 1.165) is 0 Å². The van der Waals surface area contributed by atoms with E-state index in [2.05, 4.69) is 5.73 Å². The zero-order chi connectivity index (χ0) is 14.5. The van der Waals surface area contributed by atoms with Gasteiger partial charge < -0.3 is 10.2 Å². The number of phenols is 2. The Kier molecular flexibility index (Phi) is 4.04. The van der Waals surface area contributed by atoms with Crippen molar-refractivity contribution in [1.82, 2.24) is 0 Å². The molecular weight excluding hydrogens is 252 g/mol. The maximum atomic E-state index is 11.1. The summed E-state index contributed by atoms with van der Waals surface area (Å²) in [5.74, 6) is -0.0289. The number of para-hydroxylation sites is 2. The van der Waals surface area contributed by atoms with Crippen molar-refractivity contribution >= 4 is 11.4 Å². The number of hydrogen-bond acceptors (Lipinski definition) is 3. The molecule has 100 valence electrons. The third-order valence-electron chi connectivity index (χ3n) is 2.77. The van der Waals surface area contributed by atoms with E-state index in [9.17, 15) is 15.0 Å². The number of carbonyl (C=O) groups excluding carboxylic acids is 1. The van der Waals surface area contributed by atoms with E-state index in [1.165, 1.54) is 13.0 Å². The number of aromatic hydroxyl groups is 2. The van der Waals surface area contributed by atoms with Gasteiger partial charge in [0.05, 0.1) is 0 Å². The van der Waals surface area contributed by atoms with Gasteiger partial charge in [0.1, 0.15) is 11.5 Å². The first-order valence-corrected chi connectivity index (χ1v) is 6.13. The molecule has 20 heavy (non-hydrogen) atoms. The highest BCUT2D eigenvalue weighted by Gasteiger charge is 2.12. The van der Waals surface area contributed by atoms with Crippen molar-refractivity contribution in [2.75, 3.05) is 0 Å². The second-order valence-electron chi connectivity index (χ2n) is 4.31. The van der Waals surface area contributed by atoms with Crippen molar-refractivity contribution in [3.63, 3.8) is 0 Å². The van der Waals surface area contributed by atoms with Crippen molar-refractivity contribution in [3.05, 3.63) is 71.5 Å². The van der Waals surface area contributed by atoms with Gasteiger partial charge in [-0.3, -0.25) is 4.79 Å². The van der Waals surface area contributed by atoms with Gasteiger partial charge in [-0.15, -0.1) is 5.73 Å². The van der Waals surface area contributed by atoms with E-state index in [4.69, 9.17) is 0 Å². The molecule has 0 unspecified atom stereocenters. The summed E-state index contributed by atoms with van der Waals surface area (Å²) in [6, 6.07) is 13.5. The van der Waals surface area contributed by atoms with Crippen LogP contribution in [0.3, 0.4) is 0 Å². The van der Waals surface area contributed by atoms with Gasteiger partial charge in [0.2, 0.25) is 0 Å². The van der Waals surface area contributed by atoms with Crippen LogP contribution in [0.15, 0.2) is 60.3 Å². The second kappa shape index (κ2) is 5.91. The minimum atomic E-state index is -0.159. The van der Waals surface area contributed by atoms with Gasteiger partial charge in [0.25, 0.3) is 0 Å². The zero-order valence-electron chi connectivity index (χ0n) is 11.0. The Balaban J connectivity index is 2.71. The van der Waals surface area contributed by atoms with Crippen LogP contribution in [0.1, 0.15) is 18.1 Å². The van der Waals surface area contributed by atoms with Crippen LogP contribution in [0.4, 0.5) is 0 Å². The van der Waals surface area contributed by atoms with E-state index in [1.807, 2.05) is 0 Å². The summed E-state index contributed by atoms with van der Waals surface area (Å²) < 4.78 is 0. The van der Waals surface area contributed by atoms with E-state index < -0.39 is 0 Å². The first-order chi connectivity index (χ1) is 9.59. The normalized spacial score (nSPS) is 9.65. The number of benzene rings is 2. The highest BCUT2D eigenvalue weighted by Crippen LogP contribution is 2.33. The molecule has 0 saturated carbocycles.